The number of nitrogens with zero attached hydrogens (tertiary/aromatic N) is 2. The first-order valence-corrected chi connectivity index (χ1v) is 9.47. The summed E-state index contributed by atoms with van der Waals surface area (Å²) < 4.78 is 41.1. The molecule has 3 aromatic rings. The Bertz CT molecular complexity index is 1210. The van der Waals surface area contributed by atoms with E-state index in [4.69, 9.17) is 17.3 Å². The first-order chi connectivity index (χ1) is 14.4. The Morgan fingerprint density at radius 2 is 1.87 bits per heavy atom. The second-order valence-corrected chi connectivity index (χ2v) is 8.11. The van der Waals surface area contributed by atoms with Crippen LogP contribution in [0.1, 0.15) is 25.0 Å². The van der Waals surface area contributed by atoms with E-state index in [1.54, 1.807) is 13.8 Å². The average Bonchev–Trinajstić information content (AvgIpc) is 2.66. The van der Waals surface area contributed by atoms with Gasteiger partial charge in [-0.25, -0.2) is 4.98 Å². The summed E-state index contributed by atoms with van der Waals surface area (Å²) >= 11 is 5.92. The second kappa shape index (κ2) is 8.14. The predicted molar refractivity (Wildman–Crippen MR) is 110 cm³/mol. The number of aromatic amines is 1. The number of hydrogen-bond donors (Lipinski definition) is 2. The molecule has 0 saturated heterocycles. The number of amides is 1. The van der Waals surface area contributed by atoms with Crippen LogP contribution in [-0.4, -0.2) is 20.9 Å². The van der Waals surface area contributed by atoms with Crippen molar-refractivity contribution in [3.05, 3.63) is 69.2 Å². The van der Waals surface area contributed by atoms with Gasteiger partial charge in [0.15, 0.2) is 0 Å². The number of aromatic nitrogens is 3. The van der Waals surface area contributed by atoms with Crippen LogP contribution in [0.25, 0.3) is 22.6 Å². The fourth-order valence-corrected chi connectivity index (χ4v) is 3.20. The third-order valence-electron chi connectivity index (χ3n) is 4.70. The molecule has 0 bridgehead atoms. The molecule has 10 heteroatoms. The van der Waals surface area contributed by atoms with Gasteiger partial charge < -0.3 is 10.7 Å². The summed E-state index contributed by atoms with van der Waals surface area (Å²) in [6.07, 6.45) is -1.81. The summed E-state index contributed by atoms with van der Waals surface area (Å²) in [6.45, 7) is 3.19. The van der Waals surface area contributed by atoms with Gasteiger partial charge in [0.1, 0.15) is 5.82 Å². The standard InChI is InChI=1S/C21H18ClF3N4O2/c1-20(2,19(26)31)8-11-3-4-15(21(23,24)25)14(5-11)18-28-16(7-17(30)29-18)12-6-13(22)10-27-9-12/h3-7,9-10H,8H2,1-2H3,(H2,26,31)(H,28,29,30). The minimum Gasteiger partial charge on any atom is -0.369 e. The monoisotopic (exact) mass is 450 g/mol. The van der Waals surface area contributed by atoms with E-state index < -0.39 is 28.6 Å². The number of carbonyl (C=O) groups excluding carboxylic acids is 1. The molecular weight excluding hydrogens is 433 g/mol. The number of halogens is 4. The van der Waals surface area contributed by atoms with Crippen LogP contribution in [0.3, 0.4) is 0 Å². The Balaban J connectivity index is 2.19. The average molecular weight is 451 g/mol. The molecule has 0 unspecified atom stereocenters. The number of rotatable bonds is 5. The molecule has 3 rings (SSSR count). The first-order valence-electron chi connectivity index (χ1n) is 9.09. The lowest BCUT2D eigenvalue weighted by molar-refractivity contribution is -0.137. The fourth-order valence-electron chi connectivity index (χ4n) is 3.03. The van der Waals surface area contributed by atoms with E-state index >= 15 is 0 Å². The topological polar surface area (TPSA) is 102 Å². The smallest absolute Gasteiger partial charge is 0.369 e. The Morgan fingerprint density at radius 1 is 1.16 bits per heavy atom. The zero-order chi connectivity index (χ0) is 23.0. The highest BCUT2D eigenvalue weighted by molar-refractivity contribution is 6.30. The first kappa shape index (κ1) is 22.5. The molecule has 1 amide bonds. The third-order valence-corrected chi connectivity index (χ3v) is 4.91. The Morgan fingerprint density at radius 3 is 2.48 bits per heavy atom. The summed E-state index contributed by atoms with van der Waals surface area (Å²) in [7, 11) is 0. The van der Waals surface area contributed by atoms with Crippen molar-refractivity contribution in [2.75, 3.05) is 0 Å². The van der Waals surface area contributed by atoms with Crippen molar-refractivity contribution in [2.45, 2.75) is 26.4 Å². The van der Waals surface area contributed by atoms with Crippen LogP contribution in [0.2, 0.25) is 5.02 Å². The van der Waals surface area contributed by atoms with Gasteiger partial charge in [-0.15, -0.1) is 0 Å². The van der Waals surface area contributed by atoms with Crippen LogP contribution in [0.15, 0.2) is 47.5 Å². The van der Waals surface area contributed by atoms with Crippen LogP contribution in [0, 0.1) is 5.41 Å². The molecule has 2 aromatic heterocycles. The largest absolute Gasteiger partial charge is 0.417 e. The van der Waals surface area contributed by atoms with Crippen LogP contribution in [-0.2, 0) is 17.4 Å². The van der Waals surface area contributed by atoms with Crippen LogP contribution >= 0.6 is 11.6 Å². The van der Waals surface area contributed by atoms with Crippen molar-refractivity contribution < 1.29 is 18.0 Å². The van der Waals surface area contributed by atoms with E-state index in [2.05, 4.69) is 15.0 Å². The van der Waals surface area contributed by atoms with Crippen molar-refractivity contribution >= 4 is 17.5 Å². The van der Waals surface area contributed by atoms with E-state index in [0.29, 0.717) is 11.1 Å². The third kappa shape index (κ3) is 5.11. The number of alkyl halides is 3. The molecule has 0 atom stereocenters. The zero-order valence-electron chi connectivity index (χ0n) is 16.5. The molecule has 3 N–H and O–H groups in total. The quantitative estimate of drug-likeness (QED) is 0.607. The van der Waals surface area contributed by atoms with Crippen molar-refractivity contribution in [3.8, 4) is 22.6 Å². The van der Waals surface area contributed by atoms with Gasteiger partial charge >= 0.3 is 6.18 Å². The second-order valence-electron chi connectivity index (χ2n) is 7.67. The Labute approximate surface area is 180 Å². The van der Waals surface area contributed by atoms with Gasteiger partial charge in [0, 0.05) is 35.0 Å². The molecule has 31 heavy (non-hydrogen) atoms. The molecule has 0 saturated carbocycles. The van der Waals surface area contributed by atoms with Crippen molar-refractivity contribution in [3.63, 3.8) is 0 Å². The van der Waals surface area contributed by atoms with E-state index in [1.165, 1.54) is 30.6 Å². The number of primary amides is 1. The van der Waals surface area contributed by atoms with Crippen LogP contribution in [0.4, 0.5) is 13.2 Å². The summed E-state index contributed by atoms with van der Waals surface area (Å²) in [5, 5.41) is 0.285. The van der Waals surface area contributed by atoms with Gasteiger partial charge in [-0.05, 0) is 30.2 Å². The maximum absolute atomic E-state index is 13.7. The molecule has 0 aliphatic carbocycles. The molecule has 162 valence electrons. The molecule has 0 spiro atoms. The number of benzene rings is 1. The summed E-state index contributed by atoms with van der Waals surface area (Å²) in [4.78, 5) is 34.4. The maximum atomic E-state index is 13.7. The molecular formula is C21H18ClF3N4O2. The van der Waals surface area contributed by atoms with Gasteiger partial charge in [0.2, 0.25) is 5.91 Å². The SMILES string of the molecule is CC(C)(Cc1ccc(C(F)(F)F)c(-c2nc(-c3cncc(Cl)c3)cc(=O)[nH]2)c1)C(N)=O. The van der Waals surface area contributed by atoms with Crippen LogP contribution < -0.4 is 11.3 Å². The van der Waals surface area contributed by atoms with E-state index in [0.717, 1.165) is 12.1 Å². The molecule has 0 fully saturated rings. The van der Waals surface area contributed by atoms with Gasteiger partial charge in [-0.2, -0.15) is 13.2 Å². The number of nitrogens with two attached hydrogens (primary N) is 1. The lowest BCUT2D eigenvalue weighted by atomic mass is 9.84. The molecule has 6 nitrogen and oxygen atoms in total. The molecule has 0 radical (unpaired) electrons. The maximum Gasteiger partial charge on any atom is 0.417 e. The normalized spacial score (nSPS) is 12.1. The number of carbonyl (C=O) groups is 1. The molecule has 0 aliphatic heterocycles. The van der Waals surface area contributed by atoms with Gasteiger partial charge in [-0.1, -0.05) is 31.5 Å². The minimum absolute atomic E-state index is 0.107. The molecule has 2 heterocycles. The van der Waals surface area contributed by atoms with Gasteiger partial charge in [0.05, 0.1) is 16.3 Å². The predicted octanol–water partition coefficient (Wildman–Crippen LogP) is 4.23. The minimum atomic E-state index is -4.70. The number of nitrogens with one attached hydrogen (secondary N) is 1. The number of H-pyrrole nitrogens is 1. The summed E-state index contributed by atoms with van der Waals surface area (Å²) in [6, 6.07) is 6.07. The lowest BCUT2D eigenvalue weighted by Gasteiger charge is -2.21. The van der Waals surface area contributed by atoms with Gasteiger partial charge in [-0.3, -0.25) is 14.6 Å². The van der Waals surface area contributed by atoms with Crippen molar-refractivity contribution in [1.82, 2.24) is 15.0 Å². The summed E-state index contributed by atoms with van der Waals surface area (Å²) in [5.41, 5.74) is 3.39. The molecule has 1 aromatic carbocycles. The van der Waals surface area contributed by atoms with E-state index in [1.807, 2.05) is 0 Å². The number of pyridine rings is 1. The van der Waals surface area contributed by atoms with E-state index in [9.17, 15) is 22.8 Å². The van der Waals surface area contributed by atoms with E-state index in [-0.39, 0.29) is 28.5 Å². The fraction of sp³-hybridized carbons (Fsp3) is 0.238. The lowest BCUT2D eigenvalue weighted by Crippen LogP contribution is -2.33. The zero-order valence-corrected chi connectivity index (χ0v) is 17.3. The highest BCUT2D eigenvalue weighted by atomic mass is 35.5. The Hall–Kier alpha value is -3.20. The Kier molecular flexibility index (Phi) is 5.91. The highest BCUT2D eigenvalue weighted by Crippen LogP contribution is 2.37. The molecule has 0 aliphatic rings. The highest BCUT2D eigenvalue weighted by Gasteiger charge is 2.35. The van der Waals surface area contributed by atoms with Crippen molar-refractivity contribution in [2.24, 2.45) is 11.1 Å². The summed E-state index contributed by atoms with van der Waals surface area (Å²) in [5.74, 6) is -0.857. The van der Waals surface area contributed by atoms with Crippen LogP contribution in [0.5, 0.6) is 0 Å². The number of hydrogen-bond acceptors (Lipinski definition) is 4. The van der Waals surface area contributed by atoms with Crippen molar-refractivity contribution in [1.29, 1.82) is 0 Å². The van der Waals surface area contributed by atoms with Gasteiger partial charge in [0.25, 0.3) is 5.56 Å².